The molecule has 10 nitrogen and oxygen atoms in total. The Kier molecular flexibility index (Phi) is 10.4. The fourth-order valence-corrected chi connectivity index (χ4v) is 7.35. The van der Waals surface area contributed by atoms with Gasteiger partial charge in [0.15, 0.2) is 0 Å². The molecular weight excluding hydrogens is 552 g/mol. The van der Waals surface area contributed by atoms with Crippen LogP contribution in [0.25, 0.3) is 0 Å². The summed E-state index contributed by atoms with van der Waals surface area (Å²) in [5.74, 6) is 1.35. The lowest BCUT2D eigenvalue weighted by molar-refractivity contribution is -0.136. The van der Waals surface area contributed by atoms with E-state index < -0.39 is 0 Å². The molecule has 0 unspecified atom stereocenters. The van der Waals surface area contributed by atoms with Crippen molar-refractivity contribution in [3.8, 4) is 5.88 Å². The lowest BCUT2D eigenvalue weighted by Crippen LogP contribution is -2.47. The van der Waals surface area contributed by atoms with Crippen molar-refractivity contribution in [1.82, 2.24) is 30.4 Å². The van der Waals surface area contributed by atoms with Crippen molar-refractivity contribution < 1.29 is 19.1 Å². The number of thiazole rings is 1. The molecular formula is C31H44N6O4S. The molecule has 0 aromatic carbocycles. The first-order chi connectivity index (χ1) is 20.3. The van der Waals surface area contributed by atoms with Gasteiger partial charge in [-0.05, 0) is 75.8 Å². The van der Waals surface area contributed by atoms with Crippen molar-refractivity contribution in [3.63, 3.8) is 0 Å². The third-order valence-corrected chi connectivity index (χ3v) is 9.66. The van der Waals surface area contributed by atoms with E-state index in [9.17, 15) is 14.4 Å². The van der Waals surface area contributed by atoms with Crippen molar-refractivity contribution in [2.45, 2.75) is 65.0 Å². The van der Waals surface area contributed by atoms with Gasteiger partial charge in [0.05, 0.1) is 13.2 Å². The zero-order valence-corrected chi connectivity index (χ0v) is 25.6. The summed E-state index contributed by atoms with van der Waals surface area (Å²) in [4.78, 5) is 52.7. The Labute approximate surface area is 252 Å². The first-order valence-electron chi connectivity index (χ1n) is 15.4. The summed E-state index contributed by atoms with van der Waals surface area (Å²) in [5.41, 5.74) is 0.338. The molecule has 4 atom stereocenters. The SMILES string of the molecule is CC(C)NC(=O)C[C@@H]1CCN2C[C@@H]1CCOc1cccc(n1)C(=O)NCC[C@H]1CN(Cc3nccs3)CC[C@H]1CC2=O. The van der Waals surface area contributed by atoms with Gasteiger partial charge in [0, 0.05) is 62.7 Å². The summed E-state index contributed by atoms with van der Waals surface area (Å²) in [6.07, 6.45) is 6.08. The molecule has 4 bridgehead atoms. The van der Waals surface area contributed by atoms with Gasteiger partial charge in [-0.3, -0.25) is 19.3 Å². The molecule has 3 aliphatic rings. The Bertz CT molecular complexity index is 1210. The monoisotopic (exact) mass is 596 g/mol. The normalized spacial score (nSPS) is 26.1. The molecule has 2 aromatic heterocycles. The standard InChI is InChI=1S/C31H44N6O4S/c1-21(2)34-27(38)16-22-8-13-37-19-25(22)9-14-41-28-5-3-4-26(35-28)31(40)33-10-6-24-18-36(20-29-32-11-15-42-29)12-7-23(24)17-30(37)39/h3-5,11,15,21-25H,6-10,12-14,16-20H2,1-2H3,(H,33,40)(H,34,38)/t22-,23-,24-,25-/m0/s1. The number of hydrogen-bond donors (Lipinski definition) is 2. The minimum atomic E-state index is -0.217. The molecule has 0 spiro atoms. The Morgan fingerprint density at radius 3 is 2.81 bits per heavy atom. The highest BCUT2D eigenvalue weighted by molar-refractivity contribution is 7.09. The second-order valence-electron chi connectivity index (χ2n) is 12.3. The van der Waals surface area contributed by atoms with Crippen LogP contribution in [0.3, 0.4) is 0 Å². The van der Waals surface area contributed by atoms with Crippen LogP contribution in [0, 0.1) is 23.7 Å². The van der Waals surface area contributed by atoms with Crippen LogP contribution in [0.5, 0.6) is 5.88 Å². The van der Waals surface area contributed by atoms with Gasteiger partial charge in [0.25, 0.3) is 5.91 Å². The number of amides is 3. The Morgan fingerprint density at radius 2 is 2.00 bits per heavy atom. The van der Waals surface area contributed by atoms with Crippen LogP contribution in [-0.2, 0) is 16.1 Å². The van der Waals surface area contributed by atoms with Crippen molar-refractivity contribution in [1.29, 1.82) is 0 Å². The predicted octanol–water partition coefficient (Wildman–Crippen LogP) is 3.35. The van der Waals surface area contributed by atoms with E-state index in [1.54, 1.807) is 29.5 Å². The largest absolute Gasteiger partial charge is 0.478 e. The number of hydrogen-bond acceptors (Lipinski definition) is 8. The summed E-state index contributed by atoms with van der Waals surface area (Å²) in [5, 5.41) is 9.18. The molecule has 0 saturated carbocycles. The molecule has 2 N–H and O–H groups in total. The summed E-state index contributed by atoms with van der Waals surface area (Å²) in [6, 6.07) is 5.36. The number of nitrogens with zero attached hydrogens (tertiary/aromatic N) is 4. The van der Waals surface area contributed by atoms with E-state index in [4.69, 9.17) is 4.74 Å². The Hall–Kier alpha value is -3.05. The second kappa shape index (κ2) is 14.4. The number of nitrogens with one attached hydrogen (secondary N) is 2. The van der Waals surface area contributed by atoms with Crippen molar-refractivity contribution in [2.75, 3.05) is 39.3 Å². The van der Waals surface area contributed by atoms with Crippen molar-refractivity contribution >= 4 is 29.1 Å². The molecule has 5 rings (SSSR count). The third kappa shape index (κ3) is 8.28. The van der Waals surface area contributed by atoms with Gasteiger partial charge in [0.1, 0.15) is 10.7 Å². The minimum absolute atomic E-state index is 0.0619. The molecule has 2 aromatic rings. The highest BCUT2D eigenvalue weighted by Gasteiger charge is 2.36. The van der Waals surface area contributed by atoms with Gasteiger partial charge < -0.3 is 20.3 Å². The van der Waals surface area contributed by atoms with Gasteiger partial charge in [0.2, 0.25) is 17.7 Å². The molecule has 0 radical (unpaired) electrons. The maximum atomic E-state index is 13.7. The van der Waals surface area contributed by atoms with Crippen LogP contribution in [0.15, 0.2) is 29.8 Å². The molecule has 3 aliphatic heterocycles. The van der Waals surface area contributed by atoms with Crippen LogP contribution >= 0.6 is 11.3 Å². The van der Waals surface area contributed by atoms with Crippen LogP contribution in [-0.4, -0.2) is 82.9 Å². The molecule has 2 saturated heterocycles. The molecule has 5 heterocycles. The average Bonchev–Trinajstić information content (AvgIpc) is 3.47. The number of aromatic nitrogens is 2. The van der Waals surface area contributed by atoms with E-state index in [0.29, 0.717) is 57.1 Å². The number of carbonyl (C=O) groups excluding carboxylic acids is 3. The number of ether oxygens (including phenoxy) is 1. The van der Waals surface area contributed by atoms with Gasteiger partial charge in [-0.15, -0.1) is 11.3 Å². The highest BCUT2D eigenvalue weighted by atomic mass is 32.1. The van der Waals surface area contributed by atoms with E-state index in [0.717, 1.165) is 43.9 Å². The molecule has 11 heteroatoms. The van der Waals surface area contributed by atoms with E-state index >= 15 is 0 Å². The molecule has 0 aliphatic carbocycles. The fraction of sp³-hybridized carbons (Fsp3) is 0.645. The van der Waals surface area contributed by atoms with E-state index in [-0.39, 0.29) is 47.4 Å². The fourth-order valence-electron chi connectivity index (χ4n) is 6.69. The third-order valence-electron chi connectivity index (χ3n) is 8.89. The smallest absolute Gasteiger partial charge is 0.270 e. The molecule has 42 heavy (non-hydrogen) atoms. The topological polar surface area (TPSA) is 117 Å². The van der Waals surface area contributed by atoms with Crippen LogP contribution < -0.4 is 15.4 Å². The van der Waals surface area contributed by atoms with E-state index in [1.165, 1.54) is 0 Å². The Morgan fingerprint density at radius 1 is 1.12 bits per heavy atom. The lowest BCUT2D eigenvalue weighted by atomic mass is 9.79. The quantitative estimate of drug-likeness (QED) is 0.544. The van der Waals surface area contributed by atoms with E-state index in [1.807, 2.05) is 30.3 Å². The summed E-state index contributed by atoms with van der Waals surface area (Å²) < 4.78 is 5.98. The second-order valence-corrected chi connectivity index (χ2v) is 13.3. The molecule has 228 valence electrons. The Balaban J connectivity index is 1.32. The number of piperidine rings is 2. The summed E-state index contributed by atoms with van der Waals surface area (Å²) in [6.45, 7) is 8.84. The van der Waals surface area contributed by atoms with Crippen LogP contribution in [0.4, 0.5) is 0 Å². The van der Waals surface area contributed by atoms with Crippen molar-refractivity contribution in [2.24, 2.45) is 23.7 Å². The van der Waals surface area contributed by atoms with E-state index in [2.05, 4.69) is 25.5 Å². The zero-order valence-electron chi connectivity index (χ0n) is 24.8. The van der Waals surface area contributed by atoms with Crippen LogP contribution in [0.2, 0.25) is 0 Å². The number of likely N-dealkylation sites (tertiary alicyclic amines) is 1. The number of rotatable bonds is 5. The number of fused-ring (bicyclic) bond motifs is 5. The first kappa shape index (κ1) is 30.4. The predicted molar refractivity (Wildman–Crippen MR) is 161 cm³/mol. The number of pyridine rings is 1. The summed E-state index contributed by atoms with van der Waals surface area (Å²) >= 11 is 1.67. The lowest BCUT2D eigenvalue weighted by Gasteiger charge is -2.41. The minimum Gasteiger partial charge on any atom is -0.478 e. The average molecular weight is 597 g/mol. The van der Waals surface area contributed by atoms with Gasteiger partial charge in [-0.1, -0.05) is 6.07 Å². The number of carbonyl (C=O) groups is 3. The summed E-state index contributed by atoms with van der Waals surface area (Å²) in [7, 11) is 0. The van der Waals surface area contributed by atoms with Gasteiger partial charge in [-0.2, -0.15) is 0 Å². The molecule has 2 fully saturated rings. The van der Waals surface area contributed by atoms with Crippen molar-refractivity contribution in [3.05, 3.63) is 40.5 Å². The zero-order chi connectivity index (χ0) is 29.5. The maximum absolute atomic E-state index is 13.7. The highest BCUT2D eigenvalue weighted by Crippen LogP contribution is 2.34. The first-order valence-corrected chi connectivity index (χ1v) is 16.3. The van der Waals surface area contributed by atoms with Gasteiger partial charge >= 0.3 is 0 Å². The van der Waals surface area contributed by atoms with Gasteiger partial charge in [-0.25, -0.2) is 9.97 Å². The molecule has 3 amide bonds. The maximum Gasteiger partial charge on any atom is 0.270 e. The van der Waals surface area contributed by atoms with Crippen LogP contribution in [0.1, 0.15) is 67.9 Å².